The van der Waals surface area contributed by atoms with E-state index in [0.29, 0.717) is 27.4 Å². The first-order valence-electron chi connectivity index (χ1n) is 8.38. The number of thiophene rings is 1. The Morgan fingerprint density at radius 3 is 2.36 bits per heavy atom. The summed E-state index contributed by atoms with van der Waals surface area (Å²) in [6.45, 7) is 1.83. The lowest BCUT2D eigenvalue weighted by Gasteiger charge is -2.10. The maximum atomic E-state index is 13.3. The predicted octanol–water partition coefficient (Wildman–Crippen LogP) is 4.91. The largest absolute Gasteiger partial charge is 0.496 e. The highest BCUT2D eigenvalue weighted by atomic mass is 32.1. The average molecular weight is 399 g/mol. The van der Waals surface area contributed by atoms with Crippen LogP contribution in [0, 0.1) is 12.7 Å². The molecule has 3 rings (SSSR count). The van der Waals surface area contributed by atoms with E-state index in [1.807, 2.05) is 6.92 Å². The van der Waals surface area contributed by atoms with E-state index in [0.717, 1.165) is 4.88 Å². The lowest BCUT2D eigenvalue weighted by atomic mass is 10.0. The van der Waals surface area contributed by atoms with Crippen LogP contribution in [0.2, 0.25) is 0 Å². The Kier molecular flexibility index (Phi) is 5.75. The fourth-order valence-corrected chi connectivity index (χ4v) is 3.96. The van der Waals surface area contributed by atoms with Gasteiger partial charge >= 0.3 is 5.97 Å². The number of benzene rings is 2. The van der Waals surface area contributed by atoms with Gasteiger partial charge in [-0.1, -0.05) is 24.3 Å². The van der Waals surface area contributed by atoms with Crippen molar-refractivity contribution in [3.8, 4) is 16.9 Å². The predicted molar refractivity (Wildman–Crippen MR) is 107 cm³/mol. The Morgan fingerprint density at radius 2 is 1.71 bits per heavy atom. The molecule has 0 spiro atoms. The van der Waals surface area contributed by atoms with Crippen molar-refractivity contribution < 1.29 is 23.5 Å². The van der Waals surface area contributed by atoms with Crippen molar-refractivity contribution in [3.63, 3.8) is 0 Å². The molecule has 28 heavy (non-hydrogen) atoms. The van der Waals surface area contributed by atoms with Gasteiger partial charge in [0.25, 0.3) is 5.91 Å². The van der Waals surface area contributed by atoms with Crippen molar-refractivity contribution in [2.45, 2.75) is 6.92 Å². The zero-order valence-corrected chi connectivity index (χ0v) is 16.4. The number of nitrogens with one attached hydrogen (secondary N) is 1. The van der Waals surface area contributed by atoms with Crippen LogP contribution < -0.4 is 10.1 Å². The molecule has 1 N–H and O–H groups in total. The molecule has 0 fully saturated rings. The molecule has 1 aromatic heterocycles. The van der Waals surface area contributed by atoms with Crippen LogP contribution in [0.5, 0.6) is 5.75 Å². The van der Waals surface area contributed by atoms with Crippen molar-refractivity contribution in [1.29, 1.82) is 0 Å². The number of hydrogen-bond donors (Lipinski definition) is 1. The summed E-state index contributed by atoms with van der Waals surface area (Å²) >= 11 is 1.25. The first kappa shape index (κ1) is 19.6. The number of carbonyl (C=O) groups excluding carboxylic acids is 2. The number of halogens is 1. The molecule has 3 aromatic rings. The lowest BCUT2D eigenvalue weighted by Crippen LogP contribution is -2.15. The van der Waals surface area contributed by atoms with Gasteiger partial charge < -0.3 is 14.8 Å². The molecular formula is C21H18FNO4S. The van der Waals surface area contributed by atoms with Crippen molar-refractivity contribution in [2.75, 3.05) is 19.5 Å². The van der Waals surface area contributed by atoms with E-state index in [-0.39, 0.29) is 11.4 Å². The fraction of sp³-hybridized carbons (Fsp3) is 0.143. The first-order valence-corrected chi connectivity index (χ1v) is 9.20. The Hall–Kier alpha value is -3.19. The van der Waals surface area contributed by atoms with Crippen molar-refractivity contribution >= 4 is 28.2 Å². The summed E-state index contributed by atoms with van der Waals surface area (Å²) in [6.07, 6.45) is 0. The highest BCUT2D eigenvalue weighted by molar-refractivity contribution is 7.17. The highest BCUT2D eigenvalue weighted by Gasteiger charge is 2.26. The molecule has 0 saturated heterocycles. The van der Waals surface area contributed by atoms with Crippen LogP contribution in [0.3, 0.4) is 0 Å². The quantitative estimate of drug-likeness (QED) is 0.619. The maximum Gasteiger partial charge on any atom is 0.341 e. The third-order valence-corrected chi connectivity index (χ3v) is 5.21. The normalized spacial score (nSPS) is 10.4. The number of aryl methyl sites for hydroxylation is 1. The highest BCUT2D eigenvalue weighted by Crippen LogP contribution is 2.40. The van der Waals surface area contributed by atoms with Crippen LogP contribution in [0.15, 0.2) is 48.5 Å². The summed E-state index contributed by atoms with van der Waals surface area (Å²) < 4.78 is 23.5. The molecule has 0 unspecified atom stereocenters. The third-order valence-electron chi connectivity index (χ3n) is 4.19. The zero-order chi connectivity index (χ0) is 20.3. The summed E-state index contributed by atoms with van der Waals surface area (Å²) in [5.74, 6) is -0.943. The second-order valence-corrected chi connectivity index (χ2v) is 7.11. The van der Waals surface area contributed by atoms with Crippen LogP contribution in [0.25, 0.3) is 11.1 Å². The molecular weight excluding hydrogens is 381 g/mol. The Bertz CT molecular complexity index is 1030. The summed E-state index contributed by atoms with van der Waals surface area (Å²) in [4.78, 5) is 26.1. The molecule has 0 aliphatic carbocycles. The second kappa shape index (κ2) is 8.22. The Morgan fingerprint density at radius 1 is 1.04 bits per heavy atom. The van der Waals surface area contributed by atoms with Crippen LogP contribution >= 0.6 is 11.3 Å². The summed E-state index contributed by atoms with van der Waals surface area (Å²) in [7, 11) is 2.75. The number of carbonyl (C=O) groups is 2. The van der Waals surface area contributed by atoms with Gasteiger partial charge in [0.15, 0.2) is 0 Å². The molecule has 2 aromatic carbocycles. The van der Waals surface area contributed by atoms with Gasteiger partial charge in [-0.3, -0.25) is 4.79 Å². The lowest BCUT2D eigenvalue weighted by molar-refractivity contribution is 0.0603. The van der Waals surface area contributed by atoms with Gasteiger partial charge in [-0.2, -0.15) is 0 Å². The second-order valence-electron chi connectivity index (χ2n) is 5.89. The van der Waals surface area contributed by atoms with Crippen LogP contribution in [-0.2, 0) is 4.74 Å². The van der Waals surface area contributed by atoms with E-state index in [2.05, 4.69) is 5.32 Å². The topological polar surface area (TPSA) is 64.6 Å². The SMILES string of the molecule is COC(=O)c1c(NC(=O)c2ccccc2OC)sc(C)c1-c1ccc(F)cc1. The van der Waals surface area contributed by atoms with E-state index in [9.17, 15) is 14.0 Å². The number of rotatable bonds is 5. The van der Waals surface area contributed by atoms with Gasteiger partial charge in [0.2, 0.25) is 0 Å². The van der Waals surface area contributed by atoms with Gasteiger partial charge in [-0.05, 0) is 36.8 Å². The van der Waals surface area contributed by atoms with E-state index in [1.165, 1.54) is 37.7 Å². The molecule has 0 saturated carbocycles. The third kappa shape index (κ3) is 3.75. The van der Waals surface area contributed by atoms with Crippen LogP contribution in [-0.4, -0.2) is 26.1 Å². The maximum absolute atomic E-state index is 13.3. The summed E-state index contributed by atoms with van der Waals surface area (Å²) in [6, 6.07) is 12.6. The number of amides is 1. The number of methoxy groups -OCH3 is 2. The molecule has 0 atom stereocenters. The molecule has 0 aliphatic rings. The minimum Gasteiger partial charge on any atom is -0.496 e. The Labute approximate surface area is 165 Å². The molecule has 0 aliphatic heterocycles. The van der Waals surface area contributed by atoms with Crippen molar-refractivity contribution in [2.24, 2.45) is 0 Å². The average Bonchev–Trinajstić information content (AvgIpc) is 3.03. The first-order chi connectivity index (χ1) is 13.5. The number of anilines is 1. The van der Waals surface area contributed by atoms with Crippen LogP contribution in [0.4, 0.5) is 9.39 Å². The van der Waals surface area contributed by atoms with E-state index >= 15 is 0 Å². The number of ether oxygens (including phenoxy) is 2. The van der Waals surface area contributed by atoms with Gasteiger partial charge in [0.1, 0.15) is 22.1 Å². The molecule has 1 heterocycles. The number of esters is 1. The van der Waals surface area contributed by atoms with Crippen molar-refractivity contribution in [3.05, 3.63) is 70.4 Å². The summed E-state index contributed by atoms with van der Waals surface area (Å²) in [5, 5.41) is 3.14. The van der Waals surface area contributed by atoms with Gasteiger partial charge in [0.05, 0.1) is 19.8 Å². The van der Waals surface area contributed by atoms with E-state index in [4.69, 9.17) is 9.47 Å². The minimum atomic E-state index is -0.584. The van der Waals surface area contributed by atoms with E-state index in [1.54, 1.807) is 36.4 Å². The minimum absolute atomic E-state index is 0.236. The monoisotopic (exact) mass is 399 g/mol. The van der Waals surface area contributed by atoms with Crippen molar-refractivity contribution in [1.82, 2.24) is 0 Å². The molecule has 0 bridgehead atoms. The van der Waals surface area contributed by atoms with Crippen LogP contribution in [0.1, 0.15) is 25.6 Å². The van der Waals surface area contributed by atoms with Gasteiger partial charge in [-0.25, -0.2) is 9.18 Å². The van der Waals surface area contributed by atoms with E-state index < -0.39 is 11.9 Å². The number of hydrogen-bond acceptors (Lipinski definition) is 5. The molecule has 1 amide bonds. The molecule has 7 heteroatoms. The molecule has 5 nitrogen and oxygen atoms in total. The molecule has 0 radical (unpaired) electrons. The Balaban J connectivity index is 2.06. The zero-order valence-electron chi connectivity index (χ0n) is 15.5. The number of para-hydroxylation sites is 1. The van der Waals surface area contributed by atoms with Gasteiger partial charge in [0, 0.05) is 10.4 Å². The molecule has 144 valence electrons. The summed E-state index contributed by atoms with van der Waals surface area (Å²) in [5.41, 5.74) is 1.84. The smallest absolute Gasteiger partial charge is 0.341 e. The fourth-order valence-electron chi connectivity index (χ4n) is 2.90. The van der Waals surface area contributed by atoms with Gasteiger partial charge in [-0.15, -0.1) is 11.3 Å². The standard InChI is InChI=1S/C21H18FNO4S/c1-12-17(13-8-10-14(22)11-9-13)18(21(25)27-3)20(28-12)23-19(24)15-6-4-5-7-16(15)26-2/h4-11H,1-3H3,(H,23,24).